The molecule has 0 radical (unpaired) electrons. The van der Waals surface area contributed by atoms with Gasteiger partial charge in [-0.05, 0) is 43.7 Å². The average molecular weight is 325 g/mol. The summed E-state index contributed by atoms with van der Waals surface area (Å²) in [4.78, 5) is 3.73. The predicted molar refractivity (Wildman–Crippen MR) is 92.1 cm³/mol. The van der Waals surface area contributed by atoms with Gasteiger partial charge in [-0.2, -0.15) is 5.26 Å². The summed E-state index contributed by atoms with van der Waals surface area (Å²) in [5.74, 6) is 0.640. The molecule has 1 unspecified atom stereocenters. The van der Waals surface area contributed by atoms with Crippen molar-refractivity contribution < 1.29 is 5.11 Å². The third-order valence-electron chi connectivity index (χ3n) is 4.65. The van der Waals surface area contributed by atoms with Gasteiger partial charge in [-0.15, -0.1) is 15.0 Å². The summed E-state index contributed by atoms with van der Waals surface area (Å²) >= 11 is 0. The first kappa shape index (κ1) is 16.5. The molecule has 0 aliphatic carbocycles. The van der Waals surface area contributed by atoms with Crippen LogP contribution < -0.4 is 4.90 Å². The number of nitriles is 1. The lowest BCUT2D eigenvalue weighted by Gasteiger charge is -2.35. The maximum absolute atomic E-state index is 9.51. The molecule has 0 saturated carbocycles. The van der Waals surface area contributed by atoms with E-state index in [-0.39, 0.29) is 12.6 Å². The molecule has 6 nitrogen and oxygen atoms in total. The van der Waals surface area contributed by atoms with Gasteiger partial charge in [-0.1, -0.05) is 25.1 Å². The number of piperidine rings is 1. The third kappa shape index (κ3) is 3.13. The van der Waals surface area contributed by atoms with E-state index in [2.05, 4.69) is 34.2 Å². The Morgan fingerprint density at radius 1 is 1.29 bits per heavy atom. The second kappa shape index (κ2) is 7.45. The molecule has 6 heteroatoms. The summed E-state index contributed by atoms with van der Waals surface area (Å²) in [7, 11) is 0. The van der Waals surface area contributed by atoms with Crippen LogP contribution in [0.2, 0.25) is 0 Å². The lowest BCUT2D eigenvalue weighted by Crippen LogP contribution is -2.40. The highest BCUT2D eigenvalue weighted by Crippen LogP contribution is 2.28. The summed E-state index contributed by atoms with van der Waals surface area (Å²) < 4.78 is 0. The quantitative estimate of drug-likeness (QED) is 0.913. The third-order valence-corrected chi connectivity index (χ3v) is 4.65. The van der Waals surface area contributed by atoms with Crippen LogP contribution in [0.4, 0.5) is 5.82 Å². The molecule has 0 amide bonds. The number of benzene rings is 1. The van der Waals surface area contributed by atoms with Crippen LogP contribution in [0.1, 0.15) is 43.9 Å². The summed E-state index contributed by atoms with van der Waals surface area (Å²) in [6.45, 7) is 3.10. The highest BCUT2D eigenvalue weighted by atomic mass is 16.3. The van der Waals surface area contributed by atoms with E-state index >= 15 is 0 Å². The molecule has 1 aliphatic rings. The maximum atomic E-state index is 9.51. The van der Waals surface area contributed by atoms with E-state index in [1.165, 1.54) is 0 Å². The maximum Gasteiger partial charge on any atom is 0.207 e. The number of hydrogen-bond acceptors (Lipinski definition) is 5. The number of nitrogens with zero attached hydrogens (tertiary/aromatic N) is 5. The van der Waals surface area contributed by atoms with Crippen LogP contribution in [-0.2, 0) is 6.42 Å². The van der Waals surface area contributed by atoms with Crippen molar-refractivity contribution in [3.8, 4) is 11.8 Å². The molecule has 1 aromatic carbocycles. The first-order valence-electron chi connectivity index (χ1n) is 8.61. The predicted octanol–water partition coefficient (Wildman–Crippen LogP) is 2.44. The number of rotatable bonds is 5. The number of aliphatic hydroxyl groups is 1. The van der Waals surface area contributed by atoms with Crippen LogP contribution >= 0.6 is 0 Å². The van der Waals surface area contributed by atoms with E-state index in [0.717, 1.165) is 43.5 Å². The van der Waals surface area contributed by atoms with Crippen molar-refractivity contribution in [2.45, 2.75) is 45.1 Å². The summed E-state index contributed by atoms with van der Waals surface area (Å²) in [5.41, 5.74) is 2.42. The van der Waals surface area contributed by atoms with Gasteiger partial charge in [0.25, 0.3) is 0 Å². The zero-order valence-electron chi connectivity index (χ0n) is 14.0. The minimum atomic E-state index is 0.149. The Morgan fingerprint density at radius 3 is 2.88 bits per heavy atom. The van der Waals surface area contributed by atoms with Gasteiger partial charge >= 0.3 is 0 Å². The van der Waals surface area contributed by atoms with Gasteiger partial charge < -0.3 is 10.0 Å². The van der Waals surface area contributed by atoms with E-state index in [1.54, 1.807) is 4.80 Å². The normalized spacial score (nSPS) is 17.7. The molecule has 2 heterocycles. The van der Waals surface area contributed by atoms with Crippen molar-refractivity contribution in [2.75, 3.05) is 18.1 Å². The Kier molecular flexibility index (Phi) is 5.11. The Bertz CT molecular complexity index is 731. The second-order valence-electron chi connectivity index (χ2n) is 6.11. The summed E-state index contributed by atoms with van der Waals surface area (Å²) in [5, 5.41) is 27.9. The SMILES string of the molecule is CCc1ccccc1-n1nc(C#N)c(N2CCCCC2CCO)n1. The molecule has 1 fully saturated rings. The van der Waals surface area contributed by atoms with Crippen LogP contribution in [0.15, 0.2) is 24.3 Å². The molecule has 1 aliphatic heterocycles. The molecule has 1 atom stereocenters. The second-order valence-corrected chi connectivity index (χ2v) is 6.11. The lowest BCUT2D eigenvalue weighted by atomic mass is 9.99. The Balaban J connectivity index is 2.00. The zero-order valence-corrected chi connectivity index (χ0v) is 14.0. The molecule has 1 aromatic heterocycles. The Hall–Kier alpha value is -2.39. The monoisotopic (exact) mass is 325 g/mol. The van der Waals surface area contributed by atoms with Crippen molar-refractivity contribution in [3.63, 3.8) is 0 Å². The first-order valence-corrected chi connectivity index (χ1v) is 8.61. The van der Waals surface area contributed by atoms with Crippen LogP contribution in [0, 0.1) is 11.3 Å². The number of hydrogen-bond donors (Lipinski definition) is 1. The fourth-order valence-electron chi connectivity index (χ4n) is 3.41. The molecule has 2 aromatic rings. The van der Waals surface area contributed by atoms with Crippen molar-refractivity contribution >= 4 is 5.82 Å². The minimum Gasteiger partial charge on any atom is -0.396 e. The topological polar surface area (TPSA) is 78.0 Å². The highest BCUT2D eigenvalue weighted by Gasteiger charge is 2.27. The van der Waals surface area contributed by atoms with Gasteiger partial charge in [0.2, 0.25) is 5.69 Å². The molecule has 126 valence electrons. The molecular formula is C18H23N5O. The fourth-order valence-corrected chi connectivity index (χ4v) is 3.41. The number of aliphatic hydroxyl groups excluding tert-OH is 1. The van der Waals surface area contributed by atoms with Gasteiger partial charge in [0.15, 0.2) is 5.82 Å². The number of aromatic nitrogens is 3. The number of para-hydroxylation sites is 1. The van der Waals surface area contributed by atoms with Crippen molar-refractivity contribution in [1.82, 2.24) is 15.0 Å². The summed E-state index contributed by atoms with van der Waals surface area (Å²) in [6.07, 6.45) is 4.82. The Labute approximate surface area is 142 Å². The minimum absolute atomic E-state index is 0.149. The van der Waals surface area contributed by atoms with E-state index in [0.29, 0.717) is 17.9 Å². The van der Waals surface area contributed by atoms with Gasteiger partial charge in [-0.3, -0.25) is 0 Å². The van der Waals surface area contributed by atoms with E-state index < -0.39 is 0 Å². The van der Waals surface area contributed by atoms with Crippen molar-refractivity contribution in [2.24, 2.45) is 0 Å². The van der Waals surface area contributed by atoms with Crippen LogP contribution in [-0.4, -0.2) is 39.3 Å². The van der Waals surface area contributed by atoms with Crippen molar-refractivity contribution in [1.29, 1.82) is 5.26 Å². The molecular weight excluding hydrogens is 302 g/mol. The summed E-state index contributed by atoms with van der Waals surface area (Å²) in [6, 6.07) is 10.4. The molecule has 3 rings (SSSR count). The van der Waals surface area contributed by atoms with Gasteiger partial charge in [0.1, 0.15) is 6.07 Å². The van der Waals surface area contributed by atoms with E-state index in [1.807, 2.05) is 18.2 Å². The van der Waals surface area contributed by atoms with Crippen molar-refractivity contribution in [3.05, 3.63) is 35.5 Å². The number of anilines is 1. The molecule has 1 saturated heterocycles. The van der Waals surface area contributed by atoms with Gasteiger partial charge in [0.05, 0.1) is 5.69 Å². The van der Waals surface area contributed by atoms with Crippen LogP contribution in [0.25, 0.3) is 5.69 Å². The standard InChI is InChI=1S/C18H23N5O/c1-2-14-7-3-4-9-17(14)23-20-16(13-19)18(21-23)22-11-6-5-8-15(22)10-12-24/h3-4,7,9,15,24H,2,5-6,8,10-12H2,1H3. The van der Waals surface area contributed by atoms with Gasteiger partial charge in [0, 0.05) is 19.2 Å². The lowest BCUT2D eigenvalue weighted by molar-refractivity contribution is 0.262. The van der Waals surface area contributed by atoms with Crippen LogP contribution in [0.5, 0.6) is 0 Å². The molecule has 0 bridgehead atoms. The zero-order chi connectivity index (χ0) is 16.9. The smallest absolute Gasteiger partial charge is 0.207 e. The molecule has 24 heavy (non-hydrogen) atoms. The van der Waals surface area contributed by atoms with E-state index in [9.17, 15) is 10.4 Å². The molecule has 0 spiro atoms. The molecule has 1 N–H and O–H groups in total. The van der Waals surface area contributed by atoms with E-state index in [4.69, 9.17) is 0 Å². The van der Waals surface area contributed by atoms with Crippen LogP contribution in [0.3, 0.4) is 0 Å². The fraction of sp³-hybridized carbons (Fsp3) is 0.500. The first-order chi connectivity index (χ1) is 11.8. The average Bonchev–Trinajstić information content (AvgIpc) is 3.06. The van der Waals surface area contributed by atoms with Gasteiger partial charge in [-0.25, -0.2) is 0 Å². The highest BCUT2D eigenvalue weighted by molar-refractivity contribution is 5.52. The number of aryl methyl sites for hydroxylation is 1. The Morgan fingerprint density at radius 2 is 2.12 bits per heavy atom. The largest absolute Gasteiger partial charge is 0.396 e.